The summed E-state index contributed by atoms with van der Waals surface area (Å²) in [6.45, 7) is 1.81. The average Bonchev–Trinajstić information content (AvgIpc) is 2.16. The fourth-order valence-corrected chi connectivity index (χ4v) is 1.91. The first-order chi connectivity index (χ1) is 7.41. The van der Waals surface area contributed by atoms with E-state index in [1.54, 1.807) is 18.9 Å². The lowest BCUT2D eigenvalue weighted by molar-refractivity contribution is -0.116. The second-order valence-electron chi connectivity index (χ2n) is 3.70. The Morgan fingerprint density at radius 2 is 2.25 bits per heavy atom. The molecule has 0 bridgehead atoms. The molecule has 0 aliphatic carbocycles. The zero-order valence-corrected chi connectivity index (χ0v) is 10.9. The van der Waals surface area contributed by atoms with E-state index in [1.807, 2.05) is 18.2 Å². The number of nitrogens with zero attached hydrogens (tertiary/aromatic N) is 1. The highest BCUT2D eigenvalue weighted by Gasteiger charge is 2.13. The molecule has 1 aromatic rings. The number of primary amides is 1. The van der Waals surface area contributed by atoms with Gasteiger partial charge >= 0.3 is 0 Å². The number of carbonyl (C=O) groups excluding carboxylic acids is 1. The molecule has 3 N–H and O–H groups in total. The summed E-state index contributed by atoms with van der Waals surface area (Å²) in [6, 6.07) is 5.53. The Balaban J connectivity index is 3.07. The van der Waals surface area contributed by atoms with E-state index >= 15 is 0 Å². The smallest absolute Gasteiger partial charge is 0.236 e. The van der Waals surface area contributed by atoms with Crippen LogP contribution < -0.4 is 10.6 Å². The van der Waals surface area contributed by atoms with Gasteiger partial charge in [0, 0.05) is 22.8 Å². The maximum atomic E-state index is 10.8. The van der Waals surface area contributed by atoms with Gasteiger partial charge in [0.05, 0.1) is 12.6 Å². The van der Waals surface area contributed by atoms with E-state index in [9.17, 15) is 9.90 Å². The molecule has 0 saturated heterocycles. The molecular weight excluding hydrogens is 272 g/mol. The third-order valence-electron chi connectivity index (χ3n) is 2.24. The fraction of sp³-hybridized carbons (Fsp3) is 0.364. The first-order valence-corrected chi connectivity index (χ1v) is 5.68. The van der Waals surface area contributed by atoms with Crippen LogP contribution in [0.2, 0.25) is 0 Å². The van der Waals surface area contributed by atoms with Gasteiger partial charge in [0.15, 0.2) is 0 Å². The SMILES string of the molecule is CC(O)c1cc(Br)ccc1N(C)CC(N)=O. The van der Waals surface area contributed by atoms with Gasteiger partial charge in [-0.05, 0) is 25.1 Å². The van der Waals surface area contributed by atoms with Crippen LogP contribution >= 0.6 is 15.9 Å². The van der Waals surface area contributed by atoms with Gasteiger partial charge in [-0.3, -0.25) is 4.79 Å². The molecule has 1 rings (SSSR count). The number of carbonyl (C=O) groups is 1. The number of rotatable bonds is 4. The molecular formula is C11H15BrN2O2. The molecule has 0 heterocycles. The number of halogens is 1. The van der Waals surface area contributed by atoms with E-state index in [4.69, 9.17) is 5.73 Å². The van der Waals surface area contributed by atoms with E-state index in [1.165, 1.54) is 0 Å². The van der Waals surface area contributed by atoms with Gasteiger partial charge in [0.25, 0.3) is 0 Å². The van der Waals surface area contributed by atoms with Gasteiger partial charge in [-0.2, -0.15) is 0 Å². The van der Waals surface area contributed by atoms with Crippen molar-refractivity contribution in [2.24, 2.45) is 5.73 Å². The third kappa shape index (κ3) is 3.21. The Hall–Kier alpha value is -1.07. The largest absolute Gasteiger partial charge is 0.389 e. The molecule has 0 aliphatic rings. The number of hydrogen-bond acceptors (Lipinski definition) is 3. The quantitative estimate of drug-likeness (QED) is 0.880. The minimum absolute atomic E-state index is 0.126. The highest BCUT2D eigenvalue weighted by molar-refractivity contribution is 9.10. The minimum atomic E-state index is -0.595. The van der Waals surface area contributed by atoms with Gasteiger partial charge in [0.1, 0.15) is 0 Å². The molecule has 5 heteroatoms. The molecule has 1 atom stereocenters. The number of likely N-dealkylation sites (N-methyl/N-ethyl adjacent to an activating group) is 1. The third-order valence-corrected chi connectivity index (χ3v) is 2.74. The van der Waals surface area contributed by atoms with E-state index in [0.29, 0.717) is 0 Å². The predicted molar refractivity (Wildman–Crippen MR) is 67.2 cm³/mol. The Labute approximate surface area is 103 Å². The predicted octanol–water partition coefficient (Wildman–Crippen LogP) is 1.42. The zero-order chi connectivity index (χ0) is 12.3. The van der Waals surface area contributed by atoms with Crippen molar-refractivity contribution in [2.75, 3.05) is 18.5 Å². The van der Waals surface area contributed by atoms with Crippen molar-refractivity contribution in [1.29, 1.82) is 0 Å². The molecule has 0 spiro atoms. The summed E-state index contributed by atoms with van der Waals surface area (Å²) < 4.78 is 0.889. The summed E-state index contributed by atoms with van der Waals surface area (Å²) >= 11 is 3.34. The first-order valence-electron chi connectivity index (χ1n) is 4.88. The number of benzene rings is 1. The lowest BCUT2D eigenvalue weighted by Gasteiger charge is -2.22. The highest BCUT2D eigenvalue weighted by atomic mass is 79.9. The standard InChI is InChI=1S/C11H15BrN2O2/c1-7(15)9-5-8(12)3-4-10(9)14(2)6-11(13)16/h3-5,7,15H,6H2,1-2H3,(H2,13,16). The molecule has 88 valence electrons. The number of nitrogens with two attached hydrogens (primary N) is 1. The van der Waals surface area contributed by atoms with Crippen molar-refractivity contribution in [3.05, 3.63) is 28.2 Å². The van der Waals surface area contributed by atoms with E-state index in [-0.39, 0.29) is 6.54 Å². The molecule has 1 aromatic carbocycles. The van der Waals surface area contributed by atoms with Crippen molar-refractivity contribution in [3.8, 4) is 0 Å². The minimum Gasteiger partial charge on any atom is -0.389 e. The van der Waals surface area contributed by atoms with Gasteiger partial charge in [-0.15, -0.1) is 0 Å². The van der Waals surface area contributed by atoms with Gasteiger partial charge < -0.3 is 15.7 Å². The second-order valence-corrected chi connectivity index (χ2v) is 4.62. The second kappa shape index (κ2) is 5.32. The first kappa shape index (κ1) is 13.0. The van der Waals surface area contributed by atoms with E-state index < -0.39 is 12.0 Å². The molecule has 0 saturated carbocycles. The monoisotopic (exact) mass is 286 g/mol. The van der Waals surface area contributed by atoms with Gasteiger partial charge in [-0.25, -0.2) is 0 Å². The Morgan fingerprint density at radius 3 is 2.75 bits per heavy atom. The van der Waals surface area contributed by atoms with Crippen LogP contribution in [0.15, 0.2) is 22.7 Å². The number of hydrogen-bond donors (Lipinski definition) is 2. The van der Waals surface area contributed by atoms with Gasteiger partial charge in [-0.1, -0.05) is 15.9 Å². The Morgan fingerprint density at radius 1 is 1.62 bits per heavy atom. The van der Waals surface area contributed by atoms with Crippen molar-refractivity contribution in [3.63, 3.8) is 0 Å². The van der Waals surface area contributed by atoms with Gasteiger partial charge in [0.2, 0.25) is 5.91 Å². The van der Waals surface area contributed by atoms with Crippen molar-refractivity contribution in [2.45, 2.75) is 13.0 Å². The Bertz CT molecular complexity index is 394. The summed E-state index contributed by atoms with van der Waals surface area (Å²) in [5.74, 6) is -0.401. The number of anilines is 1. The van der Waals surface area contributed by atoms with Crippen LogP contribution in [0.3, 0.4) is 0 Å². The number of aliphatic hydroxyl groups excluding tert-OH is 1. The van der Waals surface area contributed by atoms with Crippen molar-refractivity contribution in [1.82, 2.24) is 0 Å². The molecule has 0 fully saturated rings. The highest BCUT2D eigenvalue weighted by Crippen LogP contribution is 2.28. The molecule has 0 aliphatic heterocycles. The maximum Gasteiger partial charge on any atom is 0.236 e. The lowest BCUT2D eigenvalue weighted by Crippen LogP contribution is -2.31. The van der Waals surface area contributed by atoms with Crippen LogP contribution in [0, 0.1) is 0 Å². The summed E-state index contributed by atoms with van der Waals surface area (Å²) in [6.07, 6.45) is -0.595. The molecule has 16 heavy (non-hydrogen) atoms. The van der Waals surface area contributed by atoms with Crippen LogP contribution in [0.4, 0.5) is 5.69 Å². The van der Waals surface area contributed by atoms with Crippen LogP contribution in [-0.4, -0.2) is 24.6 Å². The molecule has 0 radical (unpaired) electrons. The lowest BCUT2D eigenvalue weighted by atomic mass is 10.1. The summed E-state index contributed by atoms with van der Waals surface area (Å²) in [5.41, 5.74) is 6.70. The molecule has 1 amide bonds. The van der Waals surface area contributed by atoms with Crippen LogP contribution in [0.1, 0.15) is 18.6 Å². The summed E-state index contributed by atoms with van der Waals surface area (Å²) in [5, 5.41) is 9.65. The summed E-state index contributed by atoms with van der Waals surface area (Å²) in [7, 11) is 1.76. The topological polar surface area (TPSA) is 66.6 Å². The van der Waals surface area contributed by atoms with Crippen LogP contribution in [0.25, 0.3) is 0 Å². The number of aliphatic hydroxyl groups is 1. The zero-order valence-electron chi connectivity index (χ0n) is 9.27. The summed E-state index contributed by atoms with van der Waals surface area (Å²) in [4.78, 5) is 12.6. The normalized spacial score (nSPS) is 12.2. The maximum absolute atomic E-state index is 10.8. The average molecular weight is 287 g/mol. The van der Waals surface area contributed by atoms with Crippen LogP contribution in [0.5, 0.6) is 0 Å². The molecule has 4 nitrogen and oxygen atoms in total. The molecule has 0 aromatic heterocycles. The number of amides is 1. The van der Waals surface area contributed by atoms with E-state index in [0.717, 1.165) is 15.7 Å². The van der Waals surface area contributed by atoms with E-state index in [2.05, 4.69) is 15.9 Å². The molecule has 1 unspecified atom stereocenters. The van der Waals surface area contributed by atoms with Crippen LogP contribution in [-0.2, 0) is 4.79 Å². The van der Waals surface area contributed by atoms with Crippen molar-refractivity contribution < 1.29 is 9.90 Å². The fourth-order valence-electron chi connectivity index (χ4n) is 1.53. The van der Waals surface area contributed by atoms with Crippen molar-refractivity contribution >= 4 is 27.5 Å². The Kier molecular flexibility index (Phi) is 4.32.